The number of benzene rings is 1. The Balaban J connectivity index is 2.88. The predicted octanol–water partition coefficient (Wildman–Crippen LogP) is 2.68. The van der Waals surface area contributed by atoms with Gasteiger partial charge in [-0.15, -0.1) is 11.6 Å². The fraction of sp³-hybridized carbons (Fsp3) is 0.538. The van der Waals surface area contributed by atoms with Crippen LogP contribution >= 0.6 is 11.6 Å². The van der Waals surface area contributed by atoms with Crippen LogP contribution in [-0.2, 0) is 10.0 Å². The normalized spacial score (nSPS) is 13.1. The van der Waals surface area contributed by atoms with Gasteiger partial charge in [-0.25, -0.2) is 8.42 Å². The Labute approximate surface area is 120 Å². The molecule has 1 N–H and O–H groups in total. The first-order valence-electron chi connectivity index (χ1n) is 6.09. The highest BCUT2D eigenvalue weighted by Gasteiger charge is 2.16. The van der Waals surface area contributed by atoms with Gasteiger partial charge in [-0.1, -0.05) is 6.92 Å². The topological polar surface area (TPSA) is 49.4 Å². The Hall–Kier alpha value is -0.940. The van der Waals surface area contributed by atoms with Crippen LogP contribution in [0.4, 0.5) is 11.4 Å². The molecule has 1 unspecified atom stereocenters. The molecular weight excluding hydrogens is 284 g/mol. The first-order chi connectivity index (χ1) is 8.75. The number of anilines is 2. The number of rotatable bonds is 6. The van der Waals surface area contributed by atoms with Gasteiger partial charge in [-0.3, -0.25) is 4.72 Å². The number of hydrogen-bond donors (Lipinski definition) is 1. The molecule has 0 aromatic heterocycles. The number of nitrogens with one attached hydrogen (secondary N) is 1. The van der Waals surface area contributed by atoms with Gasteiger partial charge in [0.05, 0.1) is 11.4 Å². The average molecular weight is 305 g/mol. The van der Waals surface area contributed by atoms with E-state index < -0.39 is 10.0 Å². The van der Waals surface area contributed by atoms with Crippen molar-refractivity contribution < 1.29 is 8.42 Å². The van der Waals surface area contributed by atoms with Crippen molar-refractivity contribution in [3.05, 3.63) is 23.8 Å². The SMILES string of the molecule is Cc1cc(N(C)C)ccc1NS(=O)(=O)CC(C)CCl. The quantitative estimate of drug-likeness (QED) is 0.822. The van der Waals surface area contributed by atoms with E-state index in [4.69, 9.17) is 11.6 Å². The summed E-state index contributed by atoms with van der Waals surface area (Å²) in [7, 11) is 0.541. The Bertz CT molecular complexity index is 529. The van der Waals surface area contributed by atoms with Crippen LogP contribution in [0.3, 0.4) is 0 Å². The first kappa shape index (κ1) is 16.1. The lowest BCUT2D eigenvalue weighted by atomic mass is 10.2. The van der Waals surface area contributed by atoms with E-state index in [-0.39, 0.29) is 11.7 Å². The van der Waals surface area contributed by atoms with Crippen LogP contribution in [0.2, 0.25) is 0 Å². The van der Waals surface area contributed by atoms with Crippen molar-refractivity contribution in [2.45, 2.75) is 13.8 Å². The van der Waals surface area contributed by atoms with Crippen molar-refractivity contribution in [3.63, 3.8) is 0 Å². The summed E-state index contributed by atoms with van der Waals surface area (Å²) in [4.78, 5) is 1.97. The Morgan fingerprint density at radius 2 is 2.00 bits per heavy atom. The highest BCUT2D eigenvalue weighted by molar-refractivity contribution is 7.92. The molecule has 6 heteroatoms. The van der Waals surface area contributed by atoms with Crippen LogP contribution in [0.5, 0.6) is 0 Å². The van der Waals surface area contributed by atoms with Gasteiger partial charge in [0.2, 0.25) is 10.0 Å². The minimum atomic E-state index is -3.35. The van der Waals surface area contributed by atoms with Gasteiger partial charge in [-0.2, -0.15) is 0 Å². The fourth-order valence-corrected chi connectivity index (χ4v) is 3.42. The summed E-state index contributed by atoms with van der Waals surface area (Å²) >= 11 is 5.65. The summed E-state index contributed by atoms with van der Waals surface area (Å²) in [5, 5.41) is 0. The maximum absolute atomic E-state index is 12.0. The Morgan fingerprint density at radius 1 is 1.37 bits per heavy atom. The minimum Gasteiger partial charge on any atom is -0.378 e. The van der Waals surface area contributed by atoms with E-state index in [1.165, 1.54) is 0 Å². The number of halogens is 1. The summed E-state index contributed by atoms with van der Waals surface area (Å²) in [5.41, 5.74) is 2.55. The third-order valence-electron chi connectivity index (χ3n) is 2.76. The zero-order valence-electron chi connectivity index (χ0n) is 11.8. The highest BCUT2D eigenvalue weighted by Crippen LogP contribution is 2.22. The molecule has 0 heterocycles. The van der Waals surface area contributed by atoms with E-state index in [0.717, 1.165) is 11.3 Å². The van der Waals surface area contributed by atoms with Gasteiger partial charge in [0.15, 0.2) is 0 Å². The summed E-state index contributed by atoms with van der Waals surface area (Å²) in [6.45, 7) is 3.70. The van der Waals surface area contributed by atoms with E-state index in [2.05, 4.69) is 4.72 Å². The van der Waals surface area contributed by atoms with Crippen LogP contribution in [0.25, 0.3) is 0 Å². The first-order valence-corrected chi connectivity index (χ1v) is 8.28. The third kappa shape index (κ3) is 4.91. The molecule has 1 rings (SSSR count). The van der Waals surface area contributed by atoms with Crippen LogP contribution in [0, 0.1) is 12.8 Å². The van der Waals surface area contributed by atoms with E-state index in [0.29, 0.717) is 11.6 Å². The molecule has 0 aliphatic rings. The van der Waals surface area contributed by atoms with E-state index in [9.17, 15) is 8.42 Å². The molecule has 4 nitrogen and oxygen atoms in total. The van der Waals surface area contributed by atoms with Crippen molar-refractivity contribution in [3.8, 4) is 0 Å². The maximum Gasteiger partial charge on any atom is 0.233 e. The fourth-order valence-electron chi connectivity index (χ4n) is 1.67. The van der Waals surface area contributed by atoms with E-state index in [1.54, 1.807) is 6.07 Å². The summed E-state index contributed by atoms with van der Waals surface area (Å²) in [6, 6.07) is 5.62. The molecule has 0 radical (unpaired) electrons. The molecule has 1 aromatic carbocycles. The number of alkyl halides is 1. The maximum atomic E-state index is 12.0. The zero-order valence-corrected chi connectivity index (χ0v) is 13.3. The van der Waals surface area contributed by atoms with Gasteiger partial charge in [0.25, 0.3) is 0 Å². The van der Waals surface area contributed by atoms with Crippen molar-refractivity contribution in [2.75, 3.05) is 35.4 Å². The second kappa shape index (κ2) is 6.48. The van der Waals surface area contributed by atoms with Gasteiger partial charge in [0, 0.05) is 25.7 Å². The second-order valence-corrected chi connectivity index (χ2v) is 7.11. The summed E-state index contributed by atoms with van der Waals surface area (Å²) < 4.78 is 26.5. The lowest BCUT2D eigenvalue weighted by Crippen LogP contribution is -2.22. The lowest BCUT2D eigenvalue weighted by molar-refractivity contribution is 0.588. The number of nitrogens with zero attached hydrogens (tertiary/aromatic N) is 1. The number of aryl methyl sites for hydroxylation is 1. The largest absolute Gasteiger partial charge is 0.378 e. The molecule has 0 saturated carbocycles. The van der Waals surface area contributed by atoms with Gasteiger partial charge < -0.3 is 4.90 Å². The van der Waals surface area contributed by atoms with Gasteiger partial charge in [0.1, 0.15) is 0 Å². The van der Waals surface area contributed by atoms with Crippen molar-refractivity contribution in [1.82, 2.24) is 0 Å². The second-order valence-electron chi connectivity index (χ2n) is 5.04. The van der Waals surface area contributed by atoms with Gasteiger partial charge >= 0.3 is 0 Å². The molecule has 108 valence electrons. The molecule has 0 spiro atoms. The molecule has 0 saturated heterocycles. The van der Waals surface area contributed by atoms with E-state index in [1.807, 2.05) is 45.0 Å². The monoisotopic (exact) mass is 304 g/mol. The Kier molecular flexibility index (Phi) is 5.50. The molecule has 1 atom stereocenters. The number of hydrogen-bond acceptors (Lipinski definition) is 3. The van der Waals surface area contributed by atoms with Crippen LogP contribution in [0.1, 0.15) is 12.5 Å². The van der Waals surface area contributed by atoms with Crippen molar-refractivity contribution in [1.29, 1.82) is 0 Å². The number of sulfonamides is 1. The zero-order chi connectivity index (χ0) is 14.6. The van der Waals surface area contributed by atoms with Crippen LogP contribution < -0.4 is 9.62 Å². The van der Waals surface area contributed by atoms with Crippen molar-refractivity contribution in [2.24, 2.45) is 5.92 Å². The van der Waals surface area contributed by atoms with Crippen molar-refractivity contribution >= 4 is 33.0 Å². The third-order valence-corrected chi connectivity index (χ3v) is 4.82. The standard InChI is InChI=1S/C13H21ClN2O2S/c1-10(8-14)9-19(17,18)15-13-6-5-12(16(3)4)7-11(13)2/h5-7,10,15H,8-9H2,1-4H3. The molecule has 0 bridgehead atoms. The molecule has 0 fully saturated rings. The van der Waals surface area contributed by atoms with Crippen LogP contribution in [0.15, 0.2) is 18.2 Å². The summed E-state index contributed by atoms with van der Waals surface area (Å²) in [5.74, 6) is 0.297. The highest BCUT2D eigenvalue weighted by atomic mass is 35.5. The van der Waals surface area contributed by atoms with E-state index >= 15 is 0 Å². The smallest absolute Gasteiger partial charge is 0.233 e. The minimum absolute atomic E-state index is 0.0331. The van der Waals surface area contributed by atoms with Gasteiger partial charge in [-0.05, 0) is 36.6 Å². The molecule has 19 heavy (non-hydrogen) atoms. The summed E-state index contributed by atoms with van der Waals surface area (Å²) in [6.07, 6.45) is 0. The molecule has 0 aliphatic heterocycles. The average Bonchev–Trinajstić information content (AvgIpc) is 2.30. The van der Waals surface area contributed by atoms with Crippen LogP contribution in [-0.4, -0.2) is 34.1 Å². The Morgan fingerprint density at radius 3 is 2.47 bits per heavy atom. The predicted molar refractivity (Wildman–Crippen MR) is 82.8 cm³/mol. The molecule has 0 amide bonds. The molecule has 1 aromatic rings. The molecular formula is C13H21ClN2O2S. The lowest BCUT2D eigenvalue weighted by Gasteiger charge is -2.16. The molecule has 0 aliphatic carbocycles.